The number of rotatable bonds is 2. The zero-order chi connectivity index (χ0) is 12.3. The molecule has 0 aromatic carbocycles. The van der Waals surface area contributed by atoms with Crippen molar-refractivity contribution in [1.82, 2.24) is 10.2 Å². The van der Waals surface area contributed by atoms with Crippen LogP contribution in [0, 0.1) is 5.92 Å². The molecule has 0 aliphatic carbocycles. The average Bonchev–Trinajstić information content (AvgIpc) is 2.19. The minimum Gasteiger partial charge on any atom is -0.370 e. The van der Waals surface area contributed by atoms with Gasteiger partial charge < -0.3 is 10.6 Å². The first-order valence-corrected chi connectivity index (χ1v) is 5.32. The summed E-state index contributed by atoms with van der Waals surface area (Å²) in [6.45, 7) is 6.41. The molecule has 90 valence electrons. The number of hydrogen-bond acceptors (Lipinski definition) is 3. The van der Waals surface area contributed by atoms with Crippen LogP contribution >= 0.6 is 0 Å². The summed E-state index contributed by atoms with van der Waals surface area (Å²) >= 11 is 0. The number of nitrogens with two attached hydrogens (primary N) is 1. The van der Waals surface area contributed by atoms with Gasteiger partial charge in [0.1, 0.15) is 12.6 Å². The molecule has 2 amide bonds. The zero-order valence-electron chi connectivity index (χ0n) is 9.86. The summed E-state index contributed by atoms with van der Waals surface area (Å²) in [5.41, 5.74) is 5.76. The molecule has 0 radical (unpaired) electrons. The SMILES string of the molecule is CC(C)CN=C(N)N1CC(=O)NC(=O)C1C. The summed E-state index contributed by atoms with van der Waals surface area (Å²) < 4.78 is 0. The van der Waals surface area contributed by atoms with E-state index in [4.69, 9.17) is 5.73 Å². The number of carbonyl (C=O) groups is 2. The first-order chi connectivity index (χ1) is 7.41. The molecule has 1 atom stereocenters. The molecule has 0 spiro atoms. The molecule has 6 heteroatoms. The highest BCUT2D eigenvalue weighted by Crippen LogP contribution is 2.04. The lowest BCUT2D eigenvalue weighted by Crippen LogP contribution is -2.60. The van der Waals surface area contributed by atoms with Crippen molar-refractivity contribution in [2.24, 2.45) is 16.6 Å². The van der Waals surface area contributed by atoms with Crippen molar-refractivity contribution in [3.05, 3.63) is 0 Å². The average molecular weight is 226 g/mol. The molecular weight excluding hydrogens is 208 g/mol. The zero-order valence-corrected chi connectivity index (χ0v) is 9.86. The number of nitrogens with zero attached hydrogens (tertiary/aromatic N) is 2. The highest BCUT2D eigenvalue weighted by molar-refractivity contribution is 6.04. The van der Waals surface area contributed by atoms with Crippen LogP contribution in [-0.4, -0.2) is 41.8 Å². The van der Waals surface area contributed by atoms with Gasteiger partial charge >= 0.3 is 0 Å². The van der Waals surface area contributed by atoms with E-state index < -0.39 is 6.04 Å². The fraction of sp³-hybridized carbons (Fsp3) is 0.700. The molecule has 1 rings (SSSR count). The molecule has 16 heavy (non-hydrogen) atoms. The lowest BCUT2D eigenvalue weighted by molar-refractivity contribution is -0.137. The molecule has 1 aliphatic heterocycles. The number of amides is 2. The second-order valence-electron chi connectivity index (χ2n) is 4.31. The molecule has 1 aliphatic rings. The van der Waals surface area contributed by atoms with Gasteiger partial charge in [-0.2, -0.15) is 0 Å². The Morgan fingerprint density at radius 1 is 1.62 bits per heavy atom. The van der Waals surface area contributed by atoms with E-state index in [9.17, 15) is 9.59 Å². The summed E-state index contributed by atoms with van der Waals surface area (Å²) in [6.07, 6.45) is 0. The quantitative estimate of drug-likeness (QED) is 0.370. The van der Waals surface area contributed by atoms with E-state index >= 15 is 0 Å². The van der Waals surface area contributed by atoms with E-state index in [-0.39, 0.29) is 24.3 Å². The molecule has 6 nitrogen and oxygen atoms in total. The fourth-order valence-corrected chi connectivity index (χ4v) is 1.36. The van der Waals surface area contributed by atoms with Crippen LogP contribution in [0.4, 0.5) is 0 Å². The van der Waals surface area contributed by atoms with Gasteiger partial charge in [0.15, 0.2) is 5.96 Å². The van der Waals surface area contributed by atoms with E-state index in [1.807, 2.05) is 13.8 Å². The Bertz CT molecular complexity index is 325. The topological polar surface area (TPSA) is 87.8 Å². The lowest BCUT2D eigenvalue weighted by atomic mass is 10.2. The minimum atomic E-state index is -0.450. The van der Waals surface area contributed by atoms with Gasteiger partial charge in [-0.1, -0.05) is 13.8 Å². The monoisotopic (exact) mass is 226 g/mol. The van der Waals surface area contributed by atoms with E-state index in [0.29, 0.717) is 12.5 Å². The van der Waals surface area contributed by atoms with Crippen LogP contribution in [0.25, 0.3) is 0 Å². The standard InChI is InChI=1S/C10H18N4O2/c1-6(2)4-12-10(11)14-5-8(15)13-9(16)7(14)3/h6-7H,4-5H2,1-3H3,(H2,11,12)(H,13,15,16). The van der Waals surface area contributed by atoms with Gasteiger partial charge in [-0.15, -0.1) is 0 Å². The minimum absolute atomic E-state index is 0.0837. The Hall–Kier alpha value is -1.59. The summed E-state index contributed by atoms with van der Waals surface area (Å²) in [4.78, 5) is 28.2. The van der Waals surface area contributed by atoms with E-state index in [1.165, 1.54) is 4.90 Å². The number of nitrogens with one attached hydrogen (secondary N) is 1. The van der Waals surface area contributed by atoms with Crippen LogP contribution < -0.4 is 11.1 Å². The molecule has 0 aromatic rings. The number of imide groups is 1. The molecular formula is C10H18N4O2. The van der Waals surface area contributed by atoms with E-state index in [2.05, 4.69) is 10.3 Å². The maximum atomic E-state index is 11.4. The van der Waals surface area contributed by atoms with Crippen molar-refractivity contribution in [3.8, 4) is 0 Å². The van der Waals surface area contributed by atoms with Crippen molar-refractivity contribution in [1.29, 1.82) is 0 Å². The predicted molar refractivity (Wildman–Crippen MR) is 60.6 cm³/mol. The third kappa shape index (κ3) is 2.95. The van der Waals surface area contributed by atoms with Crippen molar-refractivity contribution < 1.29 is 9.59 Å². The molecule has 1 saturated heterocycles. The number of hydrogen-bond donors (Lipinski definition) is 2. The van der Waals surface area contributed by atoms with Crippen LogP contribution in [0.5, 0.6) is 0 Å². The van der Waals surface area contributed by atoms with Gasteiger partial charge in [-0.3, -0.25) is 19.9 Å². The largest absolute Gasteiger partial charge is 0.370 e. The van der Waals surface area contributed by atoms with Crippen molar-refractivity contribution in [2.75, 3.05) is 13.1 Å². The lowest BCUT2D eigenvalue weighted by Gasteiger charge is -2.32. The molecule has 1 unspecified atom stereocenters. The van der Waals surface area contributed by atoms with Gasteiger partial charge in [-0.05, 0) is 12.8 Å². The Morgan fingerprint density at radius 3 is 2.81 bits per heavy atom. The normalized spacial score (nSPS) is 22.6. The summed E-state index contributed by atoms with van der Waals surface area (Å²) in [6, 6.07) is -0.450. The summed E-state index contributed by atoms with van der Waals surface area (Å²) in [7, 11) is 0. The van der Waals surface area contributed by atoms with Gasteiger partial charge in [0.25, 0.3) is 0 Å². The number of carbonyl (C=O) groups excluding carboxylic acids is 2. The van der Waals surface area contributed by atoms with Gasteiger partial charge in [-0.25, -0.2) is 0 Å². The van der Waals surface area contributed by atoms with Crippen LogP contribution in [0.1, 0.15) is 20.8 Å². The number of piperazine rings is 1. The molecule has 3 N–H and O–H groups in total. The Morgan fingerprint density at radius 2 is 2.25 bits per heavy atom. The van der Waals surface area contributed by atoms with Crippen LogP contribution in [0.3, 0.4) is 0 Å². The molecule has 1 fully saturated rings. The van der Waals surface area contributed by atoms with Crippen LogP contribution in [0.15, 0.2) is 4.99 Å². The smallest absolute Gasteiger partial charge is 0.249 e. The Labute approximate surface area is 94.9 Å². The molecule has 1 heterocycles. The summed E-state index contributed by atoms with van der Waals surface area (Å²) in [5.74, 6) is -0.0303. The second kappa shape index (κ2) is 4.96. The first-order valence-electron chi connectivity index (χ1n) is 5.32. The van der Waals surface area contributed by atoms with E-state index in [1.54, 1.807) is 6.92 Å². The highest BCUT2D eigenvalue weighted by atomic mass is 16.2. The highest BCUT2D eigenvalue weighted by Gasteiger charge is 2.31. The Kier molecular flexibility index (Phi) is 3.87. The maximum absolute atomic E-state index is 11.4. The van der Waals surface area contributed by atoms with Crippen LogP contribution in [-0.2, 0) is 9.59 Å². The van der Waals surface area contributed by atoms with Crippen molar-refractivity contribution >= 4 is 17.8 Å². The summed E-state index contributed by atoms with van der Waals surface area (Å²) in [5, 5.41) is 2.25. The van der Waals surface area contributed by atoms with Gasteiger partial charge in [0, 0.05) is 6.54 Å². The number of aliphatic imine (C=N–C) groups is 1. The molecule has 0 aromatic heterocycles. The Balaban J connectivity index is 2.73. The maximum Gasteiger partial charge on any atom is 0.249 e. The second-order valence-corrected chi connectivity index (χ2v) is 4.31. The molecule has 0 bridgehead atoms. The molecule has 0 saturated carbocycles. The third-order valence-corrected chi connectivity index (χ3v) is 2.34. The first kappa shape index (κ1) is 12.5. The van der Waals surface area contributed by atoms with E-state index in [0.717, 1.165) is 0 Å². The fourth-order valence-electron chi connectivity index (χ4n) is 1.36. The van der Waals surface area contributed by atoms with Crippen molar-refractivity contribution in [3.63, 3.8) is 0 Å². The van der Waals surface area contributed by atoms with Crippen LogP contribution in [0.2, 0.25) is 0 Å². The third-order valence-electron chi connectivity index (χ3n) is 2.34. The van der Waals surface area contributed by atoms with Crippen molar-refractivity contribution in [2.45, 2.75) is 26.8 Å². The predicted octanol–water partition coefficient (Wildman–Crippen LogP) is -0.696. The number of guanidine groups is 1. The van der Waals surface area contributed by atoms with Gasteiger partial charge in [0.05, 0.1) is 0 Å². The van der Waals surface area contributed by atoms with Gasteiger partial charge in [0.2, 0.25) is 11.8 Å².